The van der Waals surface area contributed by atoms with Crippen LogP contribution in [-0.2, 0) is 19.5 Å². The fourth-order valence-electron chi connectivity index (χ4n) is 4.19. The third-order valence-corrected chi connectivity index (χ3v) is 7.81. The predicted octanol–water partition coefficient (Wildman–Crippen LogP) is 2.43. The van der Waals surface area contributed by atoms with Gasteiger partial charge < -0.3 is 15.5 Å². The van der Waals surface area contributed by atoms with Crippen molar-refractivity contribution in [1.29, 1.82) is 0 Å². The fraction of sp³-hybridized carbons (Fsp3) is 0.0667. The molecule has 0 atom stereocenters. The van der Waals surface area contributed by atoms with Crippen molar-refractivity contribution in [3.8, 4) is 0 Å². The van der Waals surface area contributed by atoms with Crippen LogP contribution in [0.4, 0.5) is 39.8 Å². The van der Waals surface area contributed by atoms with E-state index in [0.717, 1.165) is 22.9 Å². The van der Waals surface area contributed by atoms with Gasteiger partial charge in [-0.05, 0) is 115 Å². The average molecular weight is 688 g/mol. The van der Waals surface area contributed by atoms with E-state index in [0.29, 0.717) is 51.6 Å². The molecule has 0 unspecified atom stereocenters. The minimum absolute atomic E-state index is 0. The van der Waals surface area contributed by atoms with E-state index >= 15 is 0 Å². The number of nitrogens with two attached hydrogens (primary N) is 1. The number of fused-ring (bicyclic) bond motifs is 1. The average Bonchev–Trinajstić information content (AvgIpc) is 3.01. The van der Waals surface area contributed by atoms with Gasteiger partial charge in [0.05, 0.1) is 51.1 Å². The zero-order valence-corrected chi connectivity index (χ0v) is 31.3. The number of rotatable bonds is 10. The summed E-state index contributed by atoms with van der Waals surface area (Å²) in [6, 6.07) is 25.0. The molecule has 0 aliphatic heterocycles. The van der Waals surface area contributed by atoms with Crippen molar-refractivity contribution in [1.82, 2.24) is 0 Å². The van der Waals surface area contributed by atoms with Crippen LogP contribution >= 0.6 is 12.0 Å². The first kappa shape index (κ1) is 38.5. The van der Waals surface area contributed by atoms with Gasteiger partial charge in [-0.25, -0.2) is 8.42 Å². The smallest absolute Gasteiger partial charge is 0.744 e. The van der Waals surface area contributed by atoms with Gasteiger partial charge in [0.1, 0.15) is 10.1 Å². The number of hydrogen-bond acceptors (Lipinski definition) is 14. The summed E-state index contributed by atoms with van der Waals surface area (Å²) in [5.74, 6) is 0. The van der Waals surface area contributed by atoms with E-state index in [1.165, 1.54) is 12.1 Å². The molecule has 17 heteroatoms. The predicted molar refractivity (Wildman–Crippen MR) is 166 cm³/mol. The van der Waals surface area contributed by atoms with E-state index < -0.39 is 15.0 Å². The molecule has 5 aromatic carbocycles. The Morgan fingerprint density at radius 1 is 0.660 bits per heavy atom. The van der Waals surface area contributed by atoms with Gasteiger partial charge in [0.25, 0.3) is 0 Å². The molecule has 0 saturated carbocycles. The molecule has 0 aromatic heterocycles. The fourth-order valence-corrected chi connectivity index (χ4v) is 5.42. The van der Waals surface area contributed by atoms with Crippen LogP contribution < -0.4 is 70.1 Å². The van der Waals surface area contributed by atoms with Crippen LogP contribution in [0.25, 0.3) is 10.8 Å². The Labute approximate surface area is 318 Å². The number of hydrogen-bond donors (Lipinski definition) is 1. The number of azo groups is 3. The quantitative estimate of drug-likeness (QED) is 0.0439. The maximum atomic E-state index is 11.9. The van der Waals surface area contributed by atoms with Crippen LogP contribution in [0.1, 0.15) is 11.1 Å². The van der Waals surface area contributed by atoms with Crippen molar-refractivity contribution < 1.29 is 86.7 Å². The van der Waals surface area contributed by atoms with Gasteiger partial charge in [-0.1, -0.05) is 6.07 Å². The molecule has 5 rings (SSSR count). The second kappa shape index (κ2) is 17.5. The van der Waals surface area contributed by atoms with E-state index in [9.17, 15) is 18.2 Å². The molecule has 0 spiro atoms. The van der Waals surface area contributed by atoms with E-state index in [-0.39, 0.29) is 69.4 Å². The number of benzene rings is 5. The summed E-state index contributed by atoms with van der Waals surface area (Å²) in [7, 11) is -4.85. The molecule has 0 heterocycles. The molecule has 0 saturated heterocycles. The van der Waals surface area contributed by atoms with Gasteiger partial charge in [0, 0.05) is 16.0 Å². The first-order valence-electron chi connectivity index (χ1n) is 13.1. The summed E-state index contributed by atoms with van der Waals surface area (Å²) in [5.41, 5.74) is 11.8. The normalized spacial score (nSPS) is 11.7. The van der Waals surface area contributed by atoms with Crippen LogP contribution in [0.5, 0.6) is 0 Å². The molecular formula is C30H23N7Na2O6S2. The first-order valence-corrected chi connectivity index (χ1v) is 15.2. The van der Waals surface area contributed by atoms with Crippen molar-refractivity contribution in [2.75, 3.05) is 5.73 Å². The number of aryl methyl sites for hydroxylation is 2. The van der Waals surface area contributed by atoms with Gasteiger partial charge in [-0.3, -0.25) is 5.04 Å². The molecule has 0 fully saturated rings. The number of nitrogen functional groups attached to an aromatic ring is 1. The number of anilines is 1. The van der Waals surface area contributed by atoms with E-state index in [1.807, 2.05) is 38.1 Å². The van der Waals surface area contributed by atoms with Crippen molar-refractivity contribution in [3.05, 3.63) is 102 Å². The standard InChI is InChI=1S/C30H25N7O6S2.2Na/c1-18-13-21(31)4-11-28(18)37-35-24-10-12-29(19(2)14-24)36-33-23-8-6-22(7-9-23)32-34-25-5-3-20-15-26(44-43-42-38)17-30(27(20)16-25)45(39,40)41;;/h3-17,38H,31H2,1-2H3,(H,39,40,41);;/q;2*+1/p-2. The summed E-state index contributed by atoms with van der Waals surface area (Å²) >= 11 is 0.479. The summed E-state index contributed by atoms with van der Waals surface area (Å²) in [6.07, 6.45) is 0. The zero-order chi connectivity index (χ0) is 32.0. The Bertz CT molecular complexity index is 2080. The maximum absolute atomic E-state index is 11.9. The molecule has 2 N–H and O–H groups in total. The topological polar surface area (TPSA) is 199 Å². The third-order valence-electron chi connectivity index (χ3n) is 6.38. The van der Waals surface area contributed by atoms with Gasteiger partial charge in [0.2, 0.25) is 0 Å². The molecule has 0 radical (unpaired) electrons. The van der Waals surface area contributed by atoms with Gasteiger partial charge >= 0.3 is 59.1 Å². The molecule has 0 bridgehead atoms. The second-order valence-electron chi connectivity index (χ2n) is 9.63. The second-order valence-corrected chi connectivity index (χ2v) is 11.8. The maximum Gasteiger partial charge on any atom is 1.00 e. The van der Waals surface area contributed by atoms with Crippen molar-refractivity contribution in [2.24, 2.45) is 30.7 Å². The van der Waals surface area contributed by atoms with Crippen molar-refractivity contribution >= 4 is 72.7 Å². The molecule has 0 amide bonds. The molecule has 5 aromatic rings. The van der Waals surface area contributed by atoms with E-state index in [1.54, 1.807) is 48.5 Å². The summed E-state index contributed by atoms with van der Waals surface area (Å²) in [4.78, 5) is -0.301. The Kier molecular flexibility index (Phi) is 14.3. The Hall–Kier alpha value is -2.90. The van der Waals surface area contributed by atoms with Gasteiger partial charge in [-0.15, -0.1) is 0 Å². The minimum Gasteiger partial charge on any atom is -0.744 e. The third kappa shape index (κ3) is 10.5. The Morgan fingerprint density at radius 3 is 1.77 bits per heavy atom. The summed E-state index contributed by atoms with van der Waals surface area (Å²) in [5, 5.41) is 39.6. The molecule has 0 aliphatic rings. The van der Waals surface area contributed by atoms with E-state index in [4.69, 9.17) is 5.73 Å². The van der Waals surface area contributed by atoms with Crippen LogP contribution in [0.2, 0.25) is 0 Å². The Morgan fingerprint density at radius 2 is 1.17 bits per heavy atom. The van der Waals surface area contributed by atoms with Crippen molar-refractivity contribution in [2.45, 2.75) is 23.6 Å². The monoisotopic (exact) mass is 687 g/mol. The van der Waals surface area contributed by atoms with Crippen LogP contribution in [-0.4, -0.2) is 13.0 Å². The molecule has 228 valence electrons. The first-order chi connectivity index (χ1) is 21.6. The van der Waals surface area contributed by atoms with Crippen LogP contribution in [0.3, 0.4) is 0 Å². The van der Waals surface area contributed by atoms with Crippen LogP contribution in [0, 0.1) is 13.8 Å². The molecule has 47 heavy (non-hydrogen) atoms. The largest absolute Gasteiger partial charge is 1.00 e. The van der Waals surface area contributed by atoms with Crippen molar-refractivity contribution in [3.63, 3.8) is 0 Å². The Balaban J connectivity index is 0.00000300. The molecule has 13 nitrogen and oxygen atoms in total. The number of nitrogens with zero attached hydrogens (tertiary/aromatic N) is 6. The summed E-state index contributed by atoms with van der Waals surface area (Å²) < 4.78 is 39.9. The summed E-state index contributed by atoms with van der Waals surface area (Å²) in [6.45, 7) is 3.83. The minimum atomic E-state index is -4.85. The van der Waals surface area contributed by atoms with Gasteiger partial charge in [0.15, 0.2) is 0 Å². The van der Waals surface area contributed by atoms with E-state index in [2.05, 4.69) is 40.1 Å². The molecular weight excluding hydrogens is 664 g/mol. The van der Waals surface area contributed by atoms with Gasteiger partial charge in [-0.2, -0.15) is 35.0 Å². The zero-order valence-electron chi connectivity index (χ0n) is 25.7. The van der Waals surface area contributed by atoms with Crippen LogP contribution in [0.15, 0.2) is 131 Å². The SMILES string of the molecule is Cc1cc(N)ccc1N=Nc1ccc(N=Nc2ccc(N=Nc3ccc4cc(SOO[O-])cc(S(=O)(=O)[O-])c4c3)cc2)c(C)c1.[Na+].[Na+]. The molecule has 0 aliphatic carbocycles.